The lowest BCUT2D eigenvalue weighted by molar-refractivity contribution is 0.0230. The summed E-state index contributed by atoms with van der Waals surface area (Å²) in [5.41, 5.74) is -0.468. The molecule has 2 aliphatic rings. The van der Waals surface area contributed by atoms with E-state index in [1.807, 2.05) is 34.7 Å². The predicted octanol–water partition coefficient (Wildman–Crippen LogP) is 2.42. The van der Waals surface area contributed by atoms with Crippen molar-refractivity contribution < 1.29 is 9.53 Å². The molecule has 27 heavy (non-hydrogen) atoms. The number of rotatable bonds is 6. The van der Waals surface area contributed by atoms with Crippen LogP contribution in [-0.2, 0) is 4.74 Å². The molecule has 1 atom stereocenters. The average Bonchev–Trinajstić information content (AvgIpc) is 3.44. The van der Waals surface area contributed by atoms with E-state index in [-0.39, 0.29) is 12.1 Å². The molecule has 1 aliphatic carbocycles. The largest absolute Gasteiger partial charge is 0.444 e. The van der Waals surface area contributed by atoms with Gasteiger partial charge in [-0.25, -0.2) is 4.79 Å². The molecule has 7 nitrogen and oxygen atoms in total. The smallest absolute Gasteiger partial charge is 0.410 e. The van der Waals surface area contributed by atoms with Crippen LogP contribution in [0.15, 0.2) is 4.99 Å². The summed E-state index contributed by atoms with van der Waals surface area (Å²) < 4.78 is 5.43. The van der Waals surface area contributed by atoms with Crippen molar-refractivity contribution in [2.75, 3.05) is 33.7 Å². The molecule has 7 heteroatoms. The Bertz CT molecular complexity index is 505. The lowest BCUT2D eigenvalue weighted by Gasteiger charge is -2.33. The number of aliphatic imine (C=N–C) groups is 1. The third-order valence-electron chi connectivity index (χ3n) is 5.35. The van der Waals surface area contributed by atoms with Gasteiger partial charge in [0, 0.05) is 51.9 Å². The summed E-state index contributed by atoms with van der Waals surface area (Å²) in [6.45, 7) is 10.8. The molecule has 0 radical (unpaired) electrons. The molecule has 2 fully saturated rings. The molecule has 1 heterocycles. The lowest BCUT2D eigenvalue weighted by Crippen LogP contribution is -2.49. The monoisotopic (exact) mass is 381 g/mol. The van der Waals surface area contributed by atoms with Crippen LogP contribution >= 0.6 is 0 Å². The highest BCUT2D eigenvalue weighted by atomic mass is 16.6. The fraction of sp³-hybridized carbons (Fsp3) is 0.900. The number of nitrogens with one attached hydrogen (secondary N) is 2. The summed E-state index contributed by atoms with van der Waals surface area (Å²) >= 11 is 0. The maximum absolute atomic E-state index is 12.1. The molecular weight excluding hydrogens is 342 g/mol. The van der Waals surface area contributed by atoms with Crippen molar-refractivity contribution in [1.29, 1.82) is 0 Å². The minimum Gasteiger partial charge on any atom is -0.444 e. The minimum atomic E-state index is -0.468. The highest BCUT2D eigenvalue weighted by Gasteiger charge is 2.32. The average molecular weight is 382 g/mol. The molecule has 156 valence electrons. The van der Waals surface area contributed by atoms with E-state index in [0.29, 0.717) is 6.04 Å². The van der Waals surface area contributed by atoms with Crippen LogP contribution in [0.5, 0.6) is 0 Å². The van der Waals surface area contributed by atoms with Crippen LogP contribution in [0.2, 0.25) is 0 Å². The summed E-state index contributed by atoms with van der Waals surface area (Å²) in [6, 6.07) is 1.45. The number of hydrogen-bond acceptors (Lipinski definition) is 4. The molecule has 1 saturated heterocycles. The van der Waals surface area contributed by atoms with Crippen LogP contribution in [-0.4, -0.2) is 79.3 Å². The first-order chi connectivity index (χ1) is 12.7. The van der Waals surface area contributed by atoms with Crippen molar-refractivity contribution in [1.82, 2.24) is 20.4 Å². The zero-order valence-electron chi connectivity index (χ0n) is 18.0. The maximum Gasteiger partial charge on any atom is 0.410 e. The Labute approximate surface area is 164 Å². The van der Waals surface area contributed by atoms with Gasteiger partial charge in [-0.15, -0.1) is 0 Å². The number of hydrogen-bond donors (Lipinski definition) is 2. The number of carbonyl (C=O) groups excluding carboxylic acids is 1. The van der Waals surface area contributed by atoms with E-state index in [9.17, 15) is 4.79 Å². The molecule has 1 saturated carbocycles. The van der Waals surface area contributed by atoms with Crippen molar-refractivity contribution in [3.8, 4) is 0 Å². The fourth-order valence-electron chi connectivity index (χ4n) is 3.34. The number of amides is 1. The molecule has 0 aromatic heterocycles. The summed E-state index contributed by atoms with van der Waals surface area (Å²) in [7, 11) is 3.60. The number of guanidine groups is 1. The van der Waals surface area contributed by atoms with Crippen LogP contribution in [0.3, 0.4) is 0 Å². The second kappa shape index (κ2) is 9.62. The number of carbonyl (C=O) groups is 1. The van der Waals surface area contributed by atoms with Gasteiger partial charge in [0.05, 0.1) is 0 Å². The van der Waals surface area contributed by atoms with Crippen molar-refractivity contribution in [3.05, 3.63) is 0 Å². The van der Waals surface area contributed by atoms with E-state index in [4.69, 9.17) is 4.74 Å². The molecule has 1 unspecified atom stereocenters. The second-order valence-electron chi connectivity index (χ2n) is 8.91. The van der Waals surface area contributed by atoms with Gasteiger partial charge in [-0.2, -0.15) is 0 Å². The van der Waals surface area contributed by atoms with E-state index >= 15 is 0 Å². The molecule has 0 aromatic rings. The van der Waals surface area contributed by atoms with Crippen LogP contribution in [0.25, 0.3) is 0 Å². The number of likely N-dealkylation sites (tertiary alicyclic amines) is 1. The predicted molar refractivity (Wildman–Crippen MR) is 110 cm³/mol. The Kier molecular flexibility index (Phi) is 7.77. The molecule has 0 aromatic carbocycles. The van der Waals surface area contributed by atoms with Crippen molar-refractivity contribution in [2.24, 2.45) is 4.99 Å². The fourth-order valence-corrected chi connectivity index (χ4v) is 3.34. The molecule has 0 spiro atoms. The first-order valence-electron chi connectivity index (χ1n) is 10.4. The zero-order valence-corrected chi connectivity index (χ0v) is 18.0. The van der Waals surface area contributed by atoms with Crippen molar-refractivity contribution in [2.45, 2.75) is 83.5 Å². The lowest BCUT2D eigenvalue weighted by atomic mass is 10.1. The maximum atomic E-state index is 12.1. The van der Waals surface area contributed by atoms with Gasteiger partial charge in [0.25, 0.3) is 0 Å². The minimum absolute atomic E-state index is 0.0900. The van der Waals surface area contributed by atoms with Gasteiger partial charge in [0.15, 0.2) is 5.96 Å². The molecule has 2 N–H and O–H groups in total. The number of ether oxygens (including phenoxy) is 1. The van der Waals surface area contributed by atoms with Gasteiger partial charge < -0.3 is 25.2 Å². The van der Waals surface area contributed by atoms with Crippen LogP contribution in [0, 0.1) is 0 Å². The Morgan fingerprint density at radius 2 is 1.89 bits per heavy atom. The Balaban J connectivity index is 1.65. The first kappa shape index (κ1) is 21.8. The highest BCUT2D eigenvalue weighted by Crippen LogP contribution is 2.29. The third-order valence-corrected chi connectivity index (χ3v) is 5.35. The molecule has 0 bridgehead atoms. The van der Waals surface area contributed by atoms with E-state index < -0.39 is 5.60 Å². The third kappa shape index (κ3) is 7.56. The van der Waals surface area contributed by atoms with Gasteiger partial charge in [0.1, 0.15) is 5.60 Å². The van der Waals surface area contributed by atoms with E-state index in [0.717, 1.165) is 25.0 Å². The number of nitrogens with zero attached hydrogens (tertiary/aromatic N) is 3. The molecule has 1 amide bonds. The quantitative estimate of drug-likeness (QED) is 0.546. The Hall–Kier alpha value is -1.50. The standard InChI is InChI=1S/C20H39N5O2/c1-15(24(6)19(26)27-20(2,3)4)9-12-22-18(21-5)23-16-10-13-25(14-11-16)17-7-8-17/h15-17H,7-14H2,1-6H3,(H2,21,22,23). The van der Waals surface area contributed by atoms with Crippen molar-refractivity contribution >= 4 is 12.1 Å². The second-order valence-corrected chi connectivity index (χ2v) is 8.91. The highest BCUT2D eigenvalue weighted by molar-refractivity contribution is 5.79. The van der Waals surface area contributed by atoms with E-state index in [2.05, 4.69) is 20.5 Å². The topological polar surface area (TPSA) is 69.2 Å². The van der Waals surface area contributed by atoms with Crippen LogP contribution < -0.4 is 10.6 Å². The normalized spacial score (nSPS) is 20.9. The Morgan fingerprint density at radius 3 is 2.41 bits per heavy atom. The summed E-state index contributed by atoms with van der Waals surface area (Å²) in [4.78, 5) is 20.8. The van der Waals surface area contributed by atoms with E-state index in [1.165, 1.54) is 38.8 Å². The van der Waals surface area contributed by atoms with Gasteiger partial charge in [0.2, 0.25) is 0 Å². The van der Waals surface area contributed by atoms with Gasteiger partial charge in [-0.1, -0.05) is 0 Å². The van der Waals surface area contributed by atoms with Crippen molar-refractivity contribution in [3.63, 3.8) is 0 Å². The SMILES string of the molecule is CN=C(NCCC(C)N(C)C(=O)OC(C)(C)C)NC1CCN(C2CC2)CC1. The Morgan fingerprint density at radius 1 is 1.26 bits per heavy atom. The van der Waals surface area contributed by atoms with Gasteiger partial charge in [-0.3, -0.25) is 4.99 Å². The van der Waals surface area contributed by atoms with Crippen LogP contribution in [0.4, 0.5) is 4.79 Å². The summed E-state index contributed by atoms with van der Waals surface area (Å²) in [5, 5.41) is 6.93. The summed E-state index contributed by atoms with van der Waals surface area (Å²) in [6.07, 6.45) is 5.68. The summed E-state index contributed by atoms with van der Waals surface area (Å²) in [5.74, 6) is 0.854. The molecule has 2 rings (SSSR count). The van der Waals surface area contributed by atoms with Gasteiger partial charge in [-0.05, 0) is 59.8 Å². The van der Waals surface area contributed by atoms with Crippen LogP contribution in [0.1, 0.15) is 59.8 Å². The van der Waals surface area contributed by atoms with Gasteiger partial charge >= 0.3 is 6.09 Å². The first-order valence-corrected chi connectivity index (χ1v) is 10.4. The van der Waals surface area contributed by atoms with E-state index in [1.54, 1.807) is 11.9 Å². The molecule has 1 aliphatic heterocycles. The molecular formula is C20H39N5O2. The zero-order chi connectivity index (χ0) is 20.0. The number of piperidine rings is 1.